The molecule has 1 fully saturated rings. The molecule has 0 bridgehead atoms. The van der Waals surface area contributed by atoms with E-state index in [1.54, 1.807) is 6.08 Å². The SMILES string of the molecule is CC1(C)OB(C(=Cc2cc(C(=O)O)ccc2C(=O)O)CS)OC1(C)C. The van der Waals surface area contributed by atoms with Gasteiger partial charge in [-0.2, -0.15) is 12.6 Å². The summed E-state index contributed by atoms with van der Waals surface area (Å²) in [5.41, 5.74) is -0.195. The Morgan fingerprint density at radius 1 is 1.12 bits per heavy atom. The molecule has 0 spiro atoms. The second-order valence-corrected chi connectivity index (χ2v) is 7.19. The zero-order valence-corrected chi connectivity index (χ0v) is 15.5. The number of hydrogen-bond acceptors (Lipinski definition) is 5. The summed E-state index contributed by atoms with van der Waals surface area (Å²) in [5.74, 6) is -2.00. The van der Waals surface area contributed by atoms with Gasteiger partial charge in [0.2, 0.25) is 0 Å². The van der Waals surface area contributed by atoms with Crippen LogP contribution in [0.4, 0.5) is 0 Å². The maximum absolute atomic E-state index is 11.4. The molecule has 0 aromatic heterocycles. The molecule has 134 valence electrons. The van der Waals surface area contributed by atoms with E-state index in [2.05, 4.69) is 12.6 Å². The van der Waals surface area contributed by atoms with Gasteiger partial charge < -0.3 is 19.5 Å². The standard InChI is InChI=1S/C17H21BO6S/c1-16(2)17(3,4)24-18(23-16)12(9-25)8-11-7-10(14(19)20)5-6-13(11)15(21)22/h5-8,25H,9H2,1-4H3,(H,19,20)(H,21,22). The van der Waals surface area contributed by atoms with Crippen molar-refractivity contribution in [3.8, 4) is 0 Å². The molecule has 6 nitrogen and oxygen atoms in total. The third kappa shape index (κ3) is 3.91. The molecule has 1 saturated heterocycles. The van der Waals surface area contributed by atoms with Crippen molar-refractivity contribution in [1.29, 1.82) is 0 Å². The number of carbonyl (C=O) groups is 2. The molecule has 1 aliphatic rings. The number of thiol groups is 1. The Bertz CT molecular complexity index is 725. The van der Waals surface area contributed by atoms with E-state index in [1.165, 1.54) is 18.2 Å². The van der Waals surface area contributed by atoms with E-state index in [0.29, 0.717) is 5.47 Å². The second-order valence-electron chi connectivity index (χ2n) is 6.88. The van der Waals surface area contributed by atoms with Crippen LogP contribution in [0.2, 0.25) is 0 Å². The first-order valence-corrected chi connectivity index (χ1v) is 8.39. The van der Waals surface area contributed by atoms with Crippen molar-refractivity contribution in [2.75, 3.05) is 5.75 Å². The highest BCUT2D eigenvalue weighted by Gasteiger charge is 2.52. The molecule has 1 aromatic rings. The minimum Gasteiger partial charge on any atom is -0.478 e. The van der Waals surface area contributed by atoms with E-state index in [-0.39, 0.29) is 22.4 Å². The van der Waals surface area contributed by atoms with Crippen molar-refractivity contribution < 1.29 is 29.1 Å². The van der Waals surface area contributed by atoms with Crippen molar-refractivity contribution in [1.82, 2.24) is 0 Å². The smallest absolute Gasteiger partial charge is 0.478 e. The Morgan fingerprint density at radius 3 is 2.12 bits per heavy atom. The molecule has 1 aliphatic heterocycles. The first-order valence-electron chi connectivity index (χ1n) is 7.76. The van der Waals surface area contributed by atoms with Gasteiger partial charge in [-0.05, 0) is 56.9 Å². The summed E-state index contributed by atoms with van der Waals surface area (Å²) in [7, 11) is -0.683. The predicted octanol–water partition coefficient (Wildman–Crippen LogP) is 3.03. The third-order valence-corrected chi connectivity index (χ3v) is 4.97. The monoisotopic (exact) mass is 364 g/mol. The van der Waals surface area contributed by atoms with E-state index in [4.69, 9.17) is 14.4 Å². The first-order chi connectivity index (χ1) is 11.5. The number of rotatable bonds is 5. The Labute approximate surface area is 152 Å². The van der Waals surface area contributed by atoms with E-state index in [0.717, 1.165) is 0 Å². The number of carboxylic acid groups (broad SMARTS) is 2. The minimum absolute atomic E-state index is 0.000741. The van der Waals surface area contributed by atoms with E-state index >= 15 is 0 Å². The van der Waals surface area contributed by atoms with Gasteiger partial charge in [0.05, 0.1) is 22.3 Å². The van der Waals surface area contributed by atoms with Crippen LogP contribution in [-0.4, -0.2) is 46.2 Å². The molecule has 2 N–H and O–H groups in total. The third-order valence-electron chi connectivity index (χ3n) is 4.61. The average molecular weight is 364 g/mol. The largest absolute Gasteiger partial charge is 0.491 e. The summed E-state index contributed by atoms with van der Waals surface area (Å²) in [6.07, 6.45) is 1.57. The second kappa shape index (κ2) is 6.86. The molecule has 0 radical (unpaired) electrons. The van der Waals surface area contributed by atoms with Gasteiger partial charge in [0.1, 0.15) is 0 Å². The average Bonchev–Trinajstić information content (AvgIpc) is 2.72. The highest BCUT2D eigenvalue weighted by atomic mass is 32.1. The fourth-order valence-corrected chi connectivity index (χ4v) is 2.63. The van der Waals surface area contributed by atoms with Gasteiger partial charge in [-0.1, -0.05) is 6.08 Å². The number of carboxylic acids is 2. The van der Waals surface area contributed by atoms with Crippen molar-refractivity contribution >= 4 is 37.8 Å². The van der Waals surface area contributed by atoms with E-state index < -0.39 is 30.3 Å². The maximum Gasteiger partial charge on any atom is 0.491 e. The van der Waals surface area contributed by atoms with Crippen molar-refractivity contribution in [2.45, 2.75) is 38.9 Å². The van der Waals surface area contributed by atoms with Crippen LogP contribution in [-0.2, 0) is 9.31 Å². The molecule has 2 rings (SSSR count). The van der Waals surface area contributed by atoms with Crippen LogP contribution in [0, 0.1) is 0 Å². The van der Waals surface area contributed by atoms with Gasteiger partial charge in [-0.25, -0.2) is 9.59 Å². The maximum atomic E-state index is 11.4. The summed E-state index contributed by atoms with van der Waals surface area (Å²) in [4.78, 5) is 22.6. The zero-order valence-electron chi connectivity index (χ0n) is 14.6. The van der Waals surface area contributed by atoms with Crippen LogP contribution in [0.25, 0.3) is 6.08 Å². The van der Waals surface area contributed by atoms with Crippen LogP contribution in [0.5, 0.6) is 0 Å². The fraction of sp³-hybridized carbons (Fsp3) is 0.412. The van der Waals surface area contributed by atoms with Crippen molar-refractivity contribution in [3.05, 3.63) is 40.4 Å². The number of aromatic carboxylic acids is 2. The normalized spacial score (nSPS) is 19.1. The van der Waals surface area contributed by atoms with Gasteiger partial charge >= 0.3 is 19.1 Å². The molecule has 1 heterocycles. The summed E-state index contributed by atoms with van der Waals surface area (Å²) in [6.45, 7) is 7.65. The van der Waals surface area contributed by atoms with Gasteiger partial charge in [0.25, 0.3) is 0 Å². The van der Waals surface area contributed by atoms with Crippen LogP contribution in [0.15, 0.2) is 23.7 Å². The molecular weight excluding hydrogens is 343 g/mol. The van der Waals surface area contributed by atoms with Crippen LogP contribution >= 0.6 is 12.6 Å². The van der Waals surface area contributed by atoms with Gasteiger partial charge in [-0.3, -0.25) is 0 Å². The summed E-state index contributed by atoms with van der Waals surface area (Å²) >= 11 is 4.30. The quantitative estimate of drug-likeness (QED) is 0.549. The molecular formula is C17H21BO6S. The molecule has 25 heavy (non-hydrogen) atoms. The lowest BCUT2D eigenvalue weighted by Gasteiger charge is -2.32. The van der Waals surface area contributed by atoms with Crippen molar-refractivity contribution in [3.63, 3.8) is 0 Å². The van der Waals surface area contributed by atoms with Crippen LogP contribution in [0.1, 0.15) is 54.0 Å². The molecule has 1 aromatic carbocycles. The zero-order chi connectivity index (χ0) is 19.0. The van der Waals surface area contributed by atoms with Crippen LogP contribution in [0.3, 0.4) is 0 Å². The highest BCUT2D eigenvalue weighted by molar-refractivity contribution is 7.80. The molecule has 0 unspecified atom stereocenters. The highest BCUT2D eigenvalue weighted by Crippen LogP contribution is 2.39. The number of hydrogen-bond donors (Lipinski definition) is 3. The summed E-state index contributed by atoms with van der Waals surface area (Å²) in [5, 5.41) is 18.5. The molecule has 0 atom stereocenters. The minimum atomic E-state index is -1.14. The molecule has 0 amide bonds. The van der Waals surface area contributed by atoms with Gasteiger partial charge in [0, 0.05) is 5.75 Å². The molecule has 0 aliphatic carbocycles. The topological polar surface area (TPSA) is 93.1 Å². The lowest BCUT2D eigenvalue weighted by atomic mass is 9.78. The predicted molar refractivity (Wildman–Crippen MR) is 98.3 cm³/mol. The Kier molecular flexibility index (Phi) is 5.37. The molecule has 0 saturated carbocycles. The van der Waals surface area contributed by atoms with Gasteiger partial charge in [-0.15, -0.1) is 0 Å². The Hall–Kier alpha value is -1.77. The summed E-state index contributed by atoms with van der Waals surface area (Å²) < 4.78 is 11.9. The number of benzene rings is 1. The lowest BCUT2D eigenvalue weighted by molar-refractivity contribution is 0.00578. The summed E-state index contributed by atoms with van der Waals surface area (Å²) in [6, 6.07) is 3.86. The Morgan fingerprint density at radius 2 is 1.68 bits per heavy atom. The van der Waals surface area contributed by atoms with E-state index in [1.807, 2.05) is 27.7 Å². The first kappa shape index (κ1) is 19.6. The van der Waals surface area contributed by atoms with E-state index in [9.17, 15) is 14.7 Å². The Balaban J connectivity index is 2.48. The van der Waals surface area contributed by atoms with Crippen molar-refractivity contribution in [2.24, 2.45) is 0 Å². The van der Waals surface area contributed by atoms with Gasteiger partial charge in [0.15, 0.2) is 0 Å². The molecule has 8 heteroatoms. The lowest BCUT2D eigenvalue weighted by Crippen LogP contribution is -2.41. The van der Waals surface area contributed by atoms with Crippen LogP contribution < -0.4 is 0 Å². The fourth-order valence-electron chi connectivity index (χ4n) is 2.39.